The molecule has 4 nitrogen and oxygen atoms in total. The fourth-order valence-electron chi connectivity index (χ4n) is 1.95. The first-order chi connectivity index (χ1) is 10.1. The molecule has 110 valence electrons. The number of aryl methyl sites for hydroxylation is 1. The number of carbonyl (C=O) groups excluding carboxylic acids is 1. The van der Waals surface area contributed by atoms with Gasteiger partial charge in [0.25, 0.3) is 5.91 Å². The Balaban J connectivity index is 2.31. The number of nitrogens with one attached hydrogen (secondary N) is 1. The minimum absolute atomic E-state index is 0.183. The van der Waals surface area contributed by atoms with Crippen molar-refractivity contribution >= 4 is 27.5 Å². The van der Waals surface area contributed by atoms with Crippen LogP contribution < -0.4 is 14.8 Å². The van der Waals surface area contributed by atoms with Crippen LogP contribution >= 0.6 is 15.9 Å². The molecule has 21 heavy (non-hydrogen) atoms. The van der Waals surface area contributed by atoms with Gasteiger partial charge in [0.05, 0.1) is 19.8 Å². The molecule has 0 aliphatic rings. The van der Waals surface area contributed by atoms with E-state index in [2.05, 4.69) is 21.2 Å². The summed E-state index contributed by atoms with van der Waals surface area (Å²) in [6.07, 6.45) is 0. The molecule has 0 saturated carbocycles. The van der Waals surface area contributed by atoms with Crippen LogP contribution in [0.25, 0.3) is 0 Å². The van der Waals surface area contributed by atoms with Crippen LogP contribution in [0.4, 0.5) is 5.69 Å². The van der Waals surface area contributed by atoms with Crippen molar-refractivity contribution in [3.05, 3.63) is 52.0 Å². The third-order valence-electron chi connectivity index (χ3n) is 3.10. The maximum Gasteiger partial charge on any atom is 0.256 e. The fraction of sp³-hybridized carbons (Fsp3) is 0.188. The number of carbonyl (C=O) groups is 1. The average Bonchev–Trinajstić information content (AvgIpc) is 2.49. The Bertz CT molecular complexity index is 671. The van der Waals surface area contributed by atoms with Gasteiger partial charge in [-0.05, 0) is 46.6 Å². The van der Waals surface area contributed by atoms with E-state index < -0.39 is 0 Å². The summed E-state index contributed by atoms with van der Waals surface area (Å²) in [5.74, 6) is 1.03. The van der Waals surface area contributed by atoms with Gasteiger partial charge in [0.1, 0.15) is 0 Å². The lowest BCUT2D eigenvalue weighted by atomic mass is 10.1. The maximum absolute atomic E-state index is 12.3. The van der Waals surface area contributed by atoms with E-state index in [0.29, 0.717) is 22.7 Å². The Morgan fingerprint density at radius 3 is 2.33 bits per heavy atom. The van der Waals surface area contributed by atoms with Crippen molar-refractivity contribution < 1.29 is 14.3 Å². The predicted molar refractivity (Wildman–Crippen MR) is 86.4 cm³/mol. The van der Waals surface area contributed by atoms with Crippen LogP contribution in [0.15, 0.2) is 40.9 Å². The van der Waals surface area contributed by atoms with Crippen LogP contribution in [0.3, 0.4) is 0 Å². The molecule has 0 radical (unpaired) electrons. The molecule has 0 unspecified atom stereocenters. The normalized spacial score (nSPS) is 10.1. The third-order valence-corrected chi connectivity index (χ3v) is 3.79. The largest absolute Gasteiger partial charge is 0.493 e. The molecule has 0 heterocycles. The molecule has 5 heteroatoms. The van der Waals surface area contributed by atoms with Crippen molar-refractivity contribution in [1.29, 1.82) is 0 Å². The number of amides is 1. The molecule has 1 N–H and O–H groups in total. The Labute approximate surface area is 132 Å². The molecular formula is C16H16BrNO3. The van der Waals surface area contributed by atoms with E-state index in [-0.39, 0.29) is 5.91 Å². The lowest BCUT2D eigenvalue weighted by Gasteiger charge is -2.14. The first kappa shape index (κ1) is 15.4. The van der Waals surface area contributed by atoms with Gasteiger partial charge >= 0.3 is 0 Å². The number of hydrogen-bond acceptors (Lipinski definition) is 3. The smallest absolute Gasteiger partial charge is 0.256 e. The van der Waals surface area contributed by atoms with Crippen LogP contribution in [0.5, 0.6) is 11.5 Å². The zero-order valence-corrected chi connectivity index (χ0v) is 13.7. The summed E-state index contributed by atoms with van der Waals surface area (Å²) in [7, 11) is 3.14. The van der Waals surface area contributed by atoms with Crippen LogP contribution in [-0.2, 0) is 0 Å². The van der Waals surface area contributed by atoms with Gasteiger partial charge in [-0.25, -0.2) is 0 Å². The highest BCUT2D eigenvalue weighted by molar-refractivity contribution is 9.10. The van der Waals surface area contributed by atoms with Crippen LogP contribution in [0.2, 0.25) is 0 Å². The number of benzene rings is 2. The molecule has 2 rings (SSSR count). The van der Waals surface area contributed by atoms with Gasteiger partial charge in [-0.15, -0.1) is 0 Å². The lowest BCUT2D eigenvalue weighted by Crippen LogP contribution is -2.13. The summed E-state index contributed by atoms with van der Waals surface area (Å²) in [4.78, 5) is 12.3. The number of anilines is 1. The van der Waals surface area contributed by atoms with Crippen LogP contribution in [0.1, 0.15) is 15.9 Å². The minimum atomic E-state index is -0.183. The maximum atomic E-state index is 12.3. The average molecular weight is 350 g/mol. The molecule has 0 bridgehead atoms. The summed E-state index contributed by atoms with van der Waals surface area (Å²) < 4.78 is 11.2. The van der Waals surface area contributed by atoms with E-state index in [0.717, 1.165) is 10.0 Å². The number of rotatable bonds is 4. The second kappa shape index (κ2) is 6.63. The Kier molecular flexibility index (Phi) is 4.85. The second-order valence-corrected chi connectivity index (χ2v) is 5.31. The van der Waals surface area contributed by atoms with E-state index in [1.165, 1.54) is 0 Å². The zero-order valence-electron chi connectivity index (χ0n) is 12.1. The Morgan fingerprint density at radius 1 is 1.10 bits per heavy atom. The summed E-state index contributed by atoms with van der Waals surface area (Å²) in [6.45, 7) is 1.90. The number of ether oxygens (including phenoxy) is 2. The lowest BCUT2D eigenvalue weighted by molar-refractivity contribution is 0.102. The number of halogens is 1. The van der Waals surface area contributed by atoms with Crippen molar-refractivity contribution in [2.24, 2.45) is 0 Å². The highest BCUT2D eigenvalue weighted by atomic mass is 79.9. The highest BCUT2D eigenvalue weighted by Gasteiger charge is 2.13. The Hall–Kier alpha value is -2.01. The molecule has 0 aliphatic heterocycles. The first-order valence-electron chi connectivity index (χ1n) is 6.35. The molecule has 1 amide bonds. The monoisotopic (exact) mass is 349 g/mol. The predicted octanol–water partition coefficient (Wildman–Crippen LogP) is 4.03. The SMILES string of the molecule is COc1cc(C)c(NC(=O)c2ccccc2Br)cc1OC. The molecule has 0 aromatic heterocycles. The molecular weight excluding hydrogens is 334 g/mol. The van der Waals surface area contributed by atoms with Gasteiger partial charge in [0.15, 0.2) is 11.5 Å². The second-order valence-electron chi connectivity index (χ2n) is 4.46. The van der Waals surface area contributed by atoms with E-state index in [1.807, 2.05) is 31.2 Å². The highest BCUT2D eigenvalue weighted by Crippen LogP contribution is 2.33. The van der Waals surface area contributed by atoms with Crippen molar-refractivity contribution in [2.45, 2.75) is 6.92 Å². The fourth-order valence-corrected chi connectivity index (χ4v) is 2.42. The molecule has 2 aromatic carbocycles. The summed E-state index contributed by atoms with van der Waals surface area (Å²) in [6, 6.07) is 10.9. The van der Waals surface area contributed by atoms with Crippen molar-refractivity contribution in [2.75, 3.05) is 19.5 Å². The van der Waals surface area contributed by atoms with Crippen LogP contribution in [-0.4, -0.2) is 20.1 Å². The van der Waals surface area contributed by atoms with Crippen LogP contribution in [0, 0.1) is 6.92 Å². The van der Waals surface area contributed by atoms with Gasteiger partial charge in [0.2, 0.25) is 0 Å². The Morgan fingerprint density at radius 2 is 1.71 bits per heavy atom. The summed E-state index contributed by atoms with van der Waals surface area (Å²) >= 11 is 3.37. The van der Waals surface area contributed by atoms with Gasteiger partial charge in [-0.1, -0.05) is 12.1 Å². The number of hydrogen-bond donors (Lipinski definition) is 1. The summed E-state index contributed by atoms with van der Waals surface area (Å²) in [5, 5.41) is 2.89. The number of methoxy groups -OCH3 is 2. The van der Waals surface area contributed by atoms with E-state index >= 15 is 0 Å². The third kappa shape index (κ3) is 3.36. The van der Waals surface area contributed by atoms with E-state index in [4.69, 9.17) is 9.47 Å². The van der Waals surface area contributed by atoms with E-state index in [9.17, 15) is 4.79 Å². The molecule has 0 aliphatic carbocycles. The van der Waals surface area contributed by atoms with Gasteiger partial charge in [-0.3, -0.25) is 4.79 Å². The standard InChI is InChI=1S/C16H16BrNO3/c1-10-8-14(20-2)15(21-3)9-13(10)18-16(19)11-6-4-5-7-12(11)17/h4-9H,1-3H3,(H,18,19). The van der Waals surface area contributed by atoms with Crippen molar-refractivity contribution in [1.82, 2.24) is 0 Å². The minimum Gasteiger partial charge on any atom is -0.493 e. The first-order valence-corrected chi connectivity index (χ1v) is 7.14. The van der Waals surface area contributed by atoms with Crippen molar-refractivity contribution in [3.8, 4) is 11.5 Å². The van der Waals surface area contributed by atoms with Gasteiger partial charge in [-0.2, -0.15) is 0 Å². The quantitative estimate of drug-likeness (QED) is 0.906. The molecule has 0 spiro atoms. The van der Waals surface area contributed by atoms with Crippen molar-refractivity contribution in [3.63, 3.8) is 0 Å². The molecule has 0 atom stereocenters. The van der Waals surface area contributed by atoms with Gasteiger partial charge < -0.3 is 14.8 Å². The topological polar surface area (TPSA) is 47.6 Å². The zero-order chi connectivity index (χ0) is 15.4. The summed E-state index contributed by atoms with van der Waals surface area (Å²) in [5.41, 5.74) is 2.16. The molecule has 0 fully saturated rings. The molecule has 0 saturated heterocycles. The van der Waals surface area contributed by atoms with E-state index in [1.54, 1.807) is 26.4 Å². The van der Waals surface area contributed by atoms with Gasteiger partial charge in [0, 0.05) is 16.2 Å². The molecule has 2 aromatic rings.